The first-order valence-electron chi connectivity index (χ1n) is 11.7. The highest BCUT2D eigenvalue weighted by Gasteiger charge is 2.27. The second kappa shape index (κ2) is 10.6. The quantitative estimate of drug-likeness (QED) is 0.533. The Kier molecular flexibility index (Phi) is 7.37. The molecule has 4 rings (SSSR count). The monoisotopic (exact) mass is 448 g/mol. The Morgan fingerprint density at radius 1 is 1.15 bits per heavy atom. The number of amides is 1. The van der Waals surface area contributed by atoms with Crippen molar-refractivity contribution in [2.75, 3.05) is 13.7 Å². The van der Waals surface area contributed by atoms with E-state index in [1.54, 1.807) is 7.11 Å². The Morgan fingerprint density at radius 3 is 2.58 bits per heavy atom. The van der Waals surface area contributed by atoms with Crippen LogP contribution in [0.4, 0.5) is 0 Å². The summed E-state index contributed by atoms with van der Waals surface area (Å²) in [6.07, 6.45) is 7.32. The molecule has 0 spiro atoms. The summed E-state index contributed by atoms with van der Waals surface area (Å²) in [4.78, 5) is 21.5. The first-order valence-corrected chi connectivity index (χ1v) is 11.7. The Labute approximate surface area is 195 Å². The summed E-state index contributed by atoms with van der Waals surface area (Å²) in [7, 11) is 1.65. The van der Waals surface area contributed by atoms with Crippen molar-refractivity contribution in [1.82, 2.24) is 20.4 Å². The molecule has 1 aromatic carbocycles. The number of aryl methyl sites for hydroxylation is 3. The van der Waals surface area contributed by atoms with Gasteiger partial charge in [-0.15, -0.1) is 0 Å². The molecule has 1 aliphatic carbocycles. The molecule has 7 nitrogen and oxygen atoms in total. The molecule has 1 saturated carbocycles. The molecule has 0 bridgehead atoms. The molecule has 174 valence electrons. The number of ether oxygens (including phenoxy) is 1. The molecule has 7 heteroatoms. The van der Waals surface area contributed by atoms with Crippen LogP contribution in [0.2, 0.25) is 0 Å². The standard InChI is InChI=1S/C26H32N4O3/c1-17-14-24(33-30-17)23-16-27-18(2)29-26(23)21-9-4-20(5-10-21)15-28-25(31)13-8-19-6-11-22(32-3)12-7-19/h6-7,11-12,14,16,20-21H,4-5,8-10,13,15H2,1-3H3,(H,28,31). The maximum absolute atomic E-state index is 12.3. The summed E-state index contributed by atoms with van der Waals surface area (Å²) < 4.78 is 10.7. The van der Waals surface area contributed by atoms with E-state index in [2.05, 4.69) is 15.5 Å². The summed E-state index contributed by atoms with van der Waals surface area (Å²) in [5.41, 5.74) is 3.99. The molecule has 2 aromatic heterocycles. The fourth-order valence-electron chi connectivity index (χ4n) is 4.52. The third-order valence-electron chi connectivity index (χ3n) is 6.45. The van der Waals surface area contributed by atoms with Crippen LogP contribution < -0.4 is 10.1 Å². The lowest BCUT2D eigenvalue weighted by atomic mass is 9.79. The number of hydrogen-bond donors (Lipinski definition) is 1. The minimum atomic E-state index is 0.113. The minimum absolute atomic E-state index is 0.113. The lowest BCUT2D eigenvalue weighted by molar-refractivity contribution is -0.121. The van der Waals surface area contributed by atoms with Gasteiger partial charge in [0.2, 0.25) is 5.91 Å². The van der Waals surface area contributed by atoms with E-state index in [1.165, 1.54) is 0 Å². The van der Waals surface area contributed by atoms with E-state index in [1.807, 2.05) is 50.4 Å². The molecule has 3 aromatic rings. The number of methoxy groups -OCH3 is 1. The van der Waals surface area contributed by atoms with Crippen LogP contribution in [0.15, 0.2) is 41.1 Å². The van der Waals surface area contributed by atoms with Crippen molar-refractivity contribution < 1.29 is 14.1 Å². The van der Waals surface area contributed by atoms with Crippen molar-refractivity contribution in [2.24, 2.45) is 5.92 Å². The lowest BCUT2D eigenvalue weighted by Gasteiger charge is -2.29. The number of nitrogens with one attached hydrogen (secondary N) is 1. The molecule has 1 N–H and O–H groups in total. The number of hydrogen-bond acceptors (Lipinski definition) is 6. The largest absolute Gasteiger partial charge is 0.497 e. The van der Waals surface area contributed by atoms with E-state index in [0.717, 1.165) is 78.5 Å². The fourth-order valence-corrected chi connectivity index (χ4v) is 4.52. The number of benzene rings is 1. The van der Waals surface area contributed by atoms with Crippen LogP contribution in [0.5, 0.6) is 5.75 Å². The number of rotatable bonds is 8. The molecule has 33 heavy (non-hydrogen) atoms. The van der Waals surface area contributed by atoms with Crippen molar-refractivity contribution in [2.45, 2.75) is 58.3 Å². The topological polar surface area (TPSA) is 90.1 Å². The highest BCUT2D eigenvalue weighted by molar-refractivity contribution is 5.76. The maximum Gasteiger partial charge on any atom is 0.220 e. The van der Waals surface area contributed by atoms with Crippen molar-refractivity contribution in [3.63, 3.8) is 0 Å². The predicted octanol–water partition coefficient (Wildman–Crippen LogP) is 4.78. The van der Waals surface area contributed by atoms with Gasteiger partial charge >= 0.3 is 0 Å². The summed E-state index contributed by atoms with van der Waals surface area (Å²) >= 11 is 0. The van der Waals surface area contributed by atoms with Gasteiger partial charge in [0.1, 0.15) is 11.6 Å². The van der Waals surface area contributed by atoms with Crippen LogP contribution in [0.1, 0.15) is 60.8 Å². The smallest absolute Gasteiger partial charge is 0.220 e. The first kappa shape index (κ1) is 23.0. The van der Waals surface area contributed by atoms with E-state index in [9.17, 15) is 4.79 Å². The lowest BCUT2D eigenvalue weighted by Crippen LogP contribution is -2.31. The van der Waals surface area contributed by atoms with E-state index in [4.69, 9.17) is 14.2 Å². The van der Waals surface area contributed by atoms with Crippen molar-refractivity contribution in [1.29, 1.82) is 0 Å². The van der Waals surface area contributed by atoms with Crippen molar-refractivity contribution in [3.05, 3.63) is 59.3 Å². The van der Waals surface area contributed by atoms with Crippen molar-refractivity contribution >= 4 is 5.91 Å². The number of aromatic nitrogens is 3. The third kappa shape index (κ3) is 5.97. The Bertz CT molecular complexity index is 1070. The average Bonchev–Trinajstić information content (AvgIpc) is 3.28. The van der Waals surface area contributed by atoms with Gasteiger partial charge in [-0.05, 0) is 69.6 Å². The van der Waals surface area contributed by atoms with E-state index in [0.29, 0.717) is 18.3 Å². The summed E-state index contributed by atoms with van der Waals surface area (Å²) in [5.74, 6) is 3.32. The van der Waals surface area contributed by atoms with Gasteiger partial charge in [-0.25, -0.2) is 9.97 Å². The number of carbonyl (C=O) groups is 1. The van der Waals surface area contributed by atoms with Crippen LogP contribution in [-0.4, -0.2) is 34.7 Å². The molecule has 1 fully saturated rings. The fraction of sp³-hybridized carbons (Fsp3) is 0.462. The summed E-state index contributed by atoms with van der Waals surface area (Å²) in [6, 6.07) is 9.82. The number of carbonyl (C=O) groups excluding carboxylic acids is 1. The third-order valence-corrected chi connectivity index (χ3v) is 6.45. The van der Waals surface area contributed by atoms with Gasteiger partial charge in [-0.2, -0.15) is 0 Å². The van der Waals surface area contributed by atoms with E-state index in [-0.39, 0.29) is 5.91 Å². The molecule has 0 unspecified atom stereocenters. The van der Waals surface area contributed by atoms with Crippen molar-refractivity contribution in [3.8, 4) is 17.1 Å². The Hall–Kier alpha value is -3.22. The zero-order chi connectivity index (χ0) is 23.2. The summed E-state index contributed by atoms with van der Waals surface area (Å²) in [5, 5.41) is 7.16. The van der Waals surface area contributed by atoms with Crippen LogP contribution >= 0.6 is 0 Å². The summed E-state index contributed by atoms with van der Waals surface area (Å²) in [6.45, 7) is 4.58. The van der Waals surface area contributed by atoms with Crippen LogP contribution in [-0.2, 0) is 11.2 Å². The molecular formula is C26H32N4O3. The van der Waals surface area contributed by atoms with Gasteiger partial charge in [0.05, 0.1) is 24.1 Å². The Balaban J connectivity index is 1.26. The van der Waals surface area contributed by atoms with Crippen LogP contribution in [0.3, 0.4) is 0 Å². The van der Waals surface area contributed by atoms with Gasteiger partial charge in [-0.1, -0.05) is 17.3 Å². The predicted molar refractivity (Wildman–Crippen MR) is 126 cm³/mol. The molecule has 2 heterocycles. The maximum atomic E-state index is 12.3. The van der Waals surface area contributed by atoms with Gasteiger partial charge in [-0.3, -0.25) is 4.79 Å². The normalized spacial score (nSPS) is 18.2. The van der Waals surface area contributed by atoms with Gasteiger partial charge in [0.15, 0.2) is 5.76 Å². The van der Waals surface area contributed by atoms with E-state index < -0.39 is 0 Å². The molecule has 1 aliphatic rings. The van der Waals surface area contributed by atoms with Gasteiger partial charge < -0.3 is 14.6 Å². The second-order valence-electron chi connectivity index (χ2n) is 8.92. The molecular weight excluding hydrogens is 416 g/mol. The molecule has 0 atom stereocenters. The van der Waals surface area contributed by atoms with Gasteiger partial charge in [0, 0.05) is 31.1 Å². The SMILES string of the molecule is COc1ccc(CCC(=O)NCC2CCC(c3nc(C)ncc3-c3cc(C)no3)CC2)cc1. The average molecular weight is 449 g/mol. The molecule has 0 radical (unpaired) electrons. The second-order valence-corrected chi connectivity index (χ2v) is 8.92. The molecule has 1 amide bonds. The van der Waals surface area contributed by atoms with Crippen LogP contribution in [0, 0.1) is 19.8 Å². The van der Waals surface area contributed by atoms with Crippen LogP contribution in [0.25, 0.3) is 11.3 Å². The van der Waals surface area contributed by atoms with Gasteiger partial charge in [0.25, 0.3) is 0 Å². The highest BCUT2D eigenvalue weighted by atomic mass is 16.5. The zero-order valence-electron chi connectivity index (χ0n) is 19.6. The van der Waals surface area contributed by atoms with E-state index >= 15 is 0 Å². The minimum Gasteiger partial charge on any atom is -0.497 e. The molecule has 0 saturated heterocycles. The zero-order valence-corrected chi connectivity index (χ0v) is 19.6. The number of nitrogens with zero attached hydrogens (tertiary/aromatic N) is 3. The highest BCUT2D eigenvalue weighted by Crippen LogP contribution is 2.38. The Morgan fingerprint density at radius 2 is 1.91 bits per heavy atom. The molecule has 0 aliphatic heterocycles. The first-order chi connectivity index (χ1) is 16.0.